The van der Waals surface area contributed by atoms with Crippen molar-refractivity contribution >= 4 is 33.6 Å². The number of hydrogen-bond acceptors (Lipinski definition) is 6. The Morgan fingerprint density at radius 1 is 1.23 bits per heavy atom. The summed E-state index contributed by atoms with van der Waals surface area (Å²) in [6.45, 7) is 0. The van der Waals surface area contributed by atoms with E-state index in [0.717, 1.165) is 0 Å². The standard InChI is InChI=1S/C11H12N4O6S/c12-22(20,21)6-3-1-5(2-4-6)13-8(16)7-9(17)14-11(19)15-10(7)18/h1-4,7,9,17H,(H,13,16)(H2,12,20,21)(H2,14,15,18,19). The molecule has 118 valence electrons. The van der Waals surface area contributed by atoms with Crippen LogP contribution in [0.25, 0.3) is 0 Å². The molecule has 11 heteroatoms. The number of sulfonamides is 1. The van der Waals surface area contributed by atoms with Gasteiger partial charge in [-0.3, -0.25) is 14.9 Å². The summed E-state index contributed by atoms with van der Waals surface area (Å²) in [4.78, 5) is 34.3. The van der Waals surface area contributed by atoms with Crippen LogP contribution in [0.3, 0.4) is 0 Å². The predicted molar refractivity (Wildman–Crippen MR) is 72.6 cm³/mol. The quantitative estimate of drug-likeness (QED) is 0.404. The van der Waals surface area contributed by atoms with Gasteiger partial charge in [-0.15, -0.1) is 0 Å². The van der Waals surface area contributed by atoms with Crippen LogP contribution in [0.2, 0.25) is 0 Å². The number of aliphatic hydroxyl groups is 1. The van der Waals surface area contributed by atoms with Gasteiger partial charge in [0.2, 0.25) is 21.8 Å². The van der Waals surface area contributed by atoms with Crippen LogP contribution in [0, 0.1) is 5.92 Å². The number of benzene rings is 1. The first-order valence-electron chi connectivity index (χ1n) is 5.91. The second-order valence-electron chi connectivity index (χ2n) is 4.44. The molecule has 10 nitrogen and oxygen atoms in total. The van der Waals surface area contributed by atoms with Crippen LogP contribution < -0.4 is 21.1 Å². The Morgan fingerprint density at radius 2 is 1.82 bits per heavy atom. The number of carbonyl (C=O) groups excluding carboxylic acids is 3. The number of aliphatic hydroxyl groups excluding tert-OH is 1. The maximum absolute atomic E-state index is 12.0. The van der Waals surface area contributed by atoms with Gasteiger partial charge in [0.05, 0.1) is 4.90 Å². The van der Waals surface area contributed by atoms with E-state index < -0.39 is 40.0 Å². The maximum atomic E-state index is 12.0. The lowest BCUT2D eigenvalue weighted by molar-refractivity contribution is -0.138. The first-order valence-corrected chi connectivity index (χ1v) is 7.46. The number of urea groups is 1. The molecular formula is C11H12N4O6S. The van der Waals surface area contributed by atoms with Gasteiger partial charge in [0.1, 0.15) is 6.23 Å². The third kappa shape index (κ3) is 3.39. The fourth-order valence-corrected chi connectivity index (χ4v) is 2.31. The summed E-state index contributed by atoms with van der Waals surface area (Å²) in [5.41, 5.74) is 0.189. The van der Waals surface area contributed by atoms with E-state index in [4.69, 9.17) is 5.14 Å². The normalized spacial score (nSPS) is 21.7. The number of anilines is 1. The Bertz CT molecular complexity index is 729. The molecule has 0 saturated carbocycles. The molecule has 1 aliphatic rings. The summed E-state index contributed by atoms with van der Waals surface area (Å²) < 4.78 is 22.2. The highest BCUT2D eigenvalue weighted by molar-refractivity contribution is 7.89. The molecule has 2 rings (SSSR count). The first kappa shape index (κ1) is 15.9. The average molecular weight is 328 g/mol. The minimum Gasteiger partial charge on any atom is -0.372 e. The van der Waals surface area contributed by atoms with Gasteiger partial charge in [-0.25, -0.2) is 18.4 Å². The van der Waals surface area contributed by atoms with Crippen molar-refractivity contribution in [3.05, 3.63) is 24.3 Å². The monoisotopic (exact) mass is 328 g/mol. The van der Waals surface area contributed by atoms with E-state index in [-0.39, 0.29) is 10.6 Å². The molecule has 1 fully saturated rings. The summed E-state index contributed by atoms with van der Waals surface area (Å²) in [6, 6.07) is 3.97. The van der Waals surface area contributed by atoms with Gasteiger partial charge in [-0.05, 0) is 24.3 Å². The number of hydrogen-bond donors (Lipinski definition) is 5. The molecule has 0 aromatic heterocycles. The van der Waals surface area contributed by atoms with Crippen LogP contribution in [0.15, 0.2) is 29.2 Å². The highest BCUT2D eigenvalue weighted by atomic mass is 32.2. The number of primary sulfonamides is 1. The van der Waals surface area contributed by atoms with E-state index in [1.807, 2.05) is 10.6 Å². The smallest absolute Gasteiger partial charge is 0.323 e. The second kappa shape index (κ2) is 5.71. The maximum Gasteiger partial charge on any atom is 0.323 e. The largest absolute Gasteiger partial charge is 0.372 e. The molecule has 1 saturated heterocycles. The van der Waals surface area contributed by atoms with Crippen LogP contribution in [0.5, 0.6) is 0 Å². The van der Waals surface area contributed by atoms with Crippen molar-refractivity contribution in [1.29, 1.82) is 0 Å². The van der Waals surface area contributed by atoms with Gasteiger partial charge in [0, 0.05) is 5.69 Å². The highest BCUT2D eigenvalue weighted by Gasteiger charge is 2.39. The van der Waals surface area contributed by atoms with Crippen molar-refractivity contribution < 1.29 is 27.9 Å². The van der Waals surface area contributed by atoms with Crippen molar-refractivity contribution in [2.45, 2.75) is 11.1 Å². The van der Waals surface area contributed by atoms with Crippen molar-refractivity contribution in [1.82, 2.24) is 10.6 Å². The topological polar surface area (TPSA) is 168 Å². The van der Waals surface area contributed by atoms with Gasteiger partial charge < -0.3 is 15.7 Å². The van der Waals surface area contributed by atoms with Gasteiger partial charge in [-0.2, -0.15) is 0 Å². The van der Waals surface area contributed by atoms with E-state index in [2.05, 4.69) is 5.32 Å². The zero-order valence-corrected chi connectivity index (χ0v) is 11.8. The summed E-state index contributed by atoms with van der Waals surface area (Å²) in [6.07, 6.45) is -1.66. The third-order valence-electron chi connectivity index (χ3n) is 2.85. The van der Waals surface area contributed by atoms with Crippen molar-refractivity contribution in [2.24, 2.45) is 11.1 Å². The molecule has 1 heterocycles. The van der Waals surface area contributed by atoms with Gasteiger partial charge >= 0.3 is 6.03 Å². The van der Waals surface area contributed by atoms with Gasteiger partial charge in [0.25, 0.3) is 0 Å². The third-order valence-corrected chi connectivity index (χ3v) is 3.78. The van der Waals surface area contributed by atoms with Crippen LogP contribution in [-0.4, -0.2) is 37.6 Å². The molecule has 0 bridgehead atoms. The molecule has 6 N–H and O–H groups in total. The van der Waals surface area contributed by atoms with E-state index in [0.29, 0.717) is 0 Å². The van der Waals surface area contributed by atoms with E-state index in [1.54, 1.807) is 0 Å². The zero-order chi connectivity index (χ0) is 16.5. The fourth-order valence-electron chi connectivity index (χ4n) is 1.80. The molecule has 1 aromatic carbocycles. The summed E-state index contributed by atoms with van der Waals surface area (Å²) >= 11 is 0. The molecule has 4 amide bonds. The molecule has 1 aromatic rings. The summed E-state index contributed by atoms with van der Waals surface area (Å²) in [5.74, 6) is -3.35. The molecule has 2 atom stereocenters. The van der Waals surface area contributed by atoms with Crippen molar-refractivity contribution in [2.75, 3.05) is 5.32 Å². The number of amides is 4. The van der Waals surface area contributed by atoms with E-state index >= 15 is 0 Å². The molecule has 0 aliphatic carbocycles. The average Bonchev–Trinajstić information content (AvgIpc) is 2.36. The molecule has 0 radical (unpaired) electrons. The van der Waals surface area contributed by atoms with Crippen molar-refractivity contribution in [3.8, 4) is 0 Å². The molecule has 2 unspecified atom stereocenters. The van der Waals surface area contributed by atoms with Crippen LogP contribution in [-0.2, 0) is 19.6 Å². The summed E-state index contributed by atoms with van der Waals surface area (Å²) in [7, 11) is -3.86. The number of nitrogens with one attached hydrogen (secondary N) is 3. The van der Waals surface area contributed by atoms with Crippen LogP contribution >= 0.6 is 0 Å². The van der Waals surface area contributed by atoms with Crippen LogP contribution in [0.1, 0.15) is 0 Å². The highest BCUT2D eigenvalue weighted by Crippen LogP contribution is 2.15. The number of carbonyl (C=O) groups is 3. The van der Waals surface area contributed by atoms with E-state index in [1.165, 1.54) is 24.3 Å². The lowest BCUT2D eigenvalue weighted by Crippen LogP contribution is -2.61. The van der Waals surface area contributed by atoms with E-state index in [9.17, 15) is 27.9 Å². The van der Waals surface area contributed by atoms with Crippen LogP contribution in [0.4, 0.5) is 10.5 Å². The van der Waals surface area contributed by atoms with Gasteiger partial charge in [-0.1, -0.05) is 0 Å². The first-order chi connectivity index (χ1) is 10.2. The predicted octanol–water partition coefficient (Wildman–Crippen LogP) is -1.95. The van der Waals surface area contributed by atoms with Crippen molar-refractivity contribution in [3.63, 3.8) is 0 Å². The molecular weight excluding hydrogens is 316 g/mol. The fraction of sp³-hybridized carbons (Fsp3) is 0.182. The second-order valence-corrected chi connectivity index (χ2v) is 6.01. The number of nitrogens with two attached hydrogens (primary N) is 1. The lowest BCUT2D eigenvalue weighted by atomic mass is 10.0. The zero-order valence-electron chi connectivity index (χ0n) is 10.9. The number of rotatable bonds is 3. The minimum absolute atomic E-state index is 0.145. The number of imide groups is 1. The SMILES string of the molecule is NS(=O)(=O)c1ccc(NC(=O)C2C(=O)NC(=O)NC2O)cc1. The Balaban J connectivity index is 2.12. The van der Waals surface area contributed by atoms with Gasteiger partial charge in [0.15, 0.2) is 5.92 Å². The molecule has 0 spiro atoms. The Kier molecular flexibility index (Phi) is 4.12. The minimum atomic E-state index is -3.86. The summed E-state index contributed by atoms with van der Waals surface area (Å²) in [5, 5.41) is 20.6. The molecule has 1 aliphatic heterocycles. The Morgan fingerprint density at radius 3 is 2.32 bits per heavy atom. The molecule has 22 heavy (non-hydrogen) atoms. The Labute approximate surface area is 124 Å². The lowest BCUT2D eigenvalue weighted by Gasteiger charge is -2.26. The Hall–Kier alpha value is -2.50.